The number of hydrogen-bond acceptors (Lipinski definition) is 8. The van der Waals surface area contributed by atoms with Gasteiger partial charge in [-0.05, 0) is 68.0 Å². The predicted octanol–water partition coefficient (Wildman–Crippen LogP) is 4.00. The number of nitrogens with one attached hydrogen (secondary N) is 2. The first-order chi connectivity index (χ1) is 16.8. The Hall–Kier alpha value is -2.63. The zero-order chi connectivity index (χ0) is 25.3. The molecule has 35 heavy (non-hydrogen) atoms. The second-order valence-corrected chi connectivity index (χ2v) is 10.6. The lowest BCUT2D eigenvalue weighted by Gasteiger charge is -2.21. The topological polar surface area (TPSA) is 103 Å². The molecule has 1 heterocycles. The van der Waals surface area contributed by atoms with Crippen molar-refractivity contribution in [1.82, 2.24) is 30.8 Å². The minimum Gasteiger partial charge on any atom is -0.490 e. The largest absolute Gasteiger partial charge is 0.490 e. The molecule has 2 aromatic carbocycles. The van der Waals surface area contributed by atoms with Crippen molar-refractivity contribution in [1.29, 1.82) is 0 Å². The summed E-state index contributed by atoms with van der Waals surface area (Å²) in [4.78, 5) is 12.1. The van der Waals surface area contributed by atoms with Crippen LogP contribution < -0.4 is 20.1 Å². The van der Waals surface area contributed by atoms with Crippen LogP contribution in [-0.4, -0.2) is 57.2 Å². The van der Waals surface area contributed by atoms with Gasteiger partial charge in [-0.25, -0.2) is 0 Å². The second-order valence-electron chi connectivity index (χ2n) is 8.64. The fourth-order valence-corrected chi connectivity index (χ4v) is 4.38. The number of para-hydroxylation sites is 1. The molecule has 2 N–H and O–H groups in total. The van der Waals surface area contributed by atoms with Crippen LogP contribution >= 0.6 is 27.7 Å². The van der Waals surface area contributed by atoms with E-state index in [1.54, 1.807) is 16.4 Å². The highest BCUT2D eigenvalue weighted by Crippen LogP contribution is 2.34. The molecule has 0 radical (unpaired) electrons. The molecular weight excluding hydrogens is 532 g/mol. The van der Waals surface area contributed by atoms with Crippen molar-refractivity contribution in [3.8, 4) is 17.2 Å². The fourth-order valence-electron chi connectivity index (χ4n) is 3.13. The maximum Gasteiger partial charge on any atom is 0.258 e. The lowest BCUT2D eigenvalue weighted by molar-refractivity contribution is -0.124. The van der Waals surface area contributed by atoms with Crippen LogP contribution in [0.2, 0.25) is 0 Å². The summed E-state index contributed by atoms with van der Waals surface area (Å²) in [5, 5.41) is 19.1. The molecule has 0 atom stereocenters. The number of rotatable bonds is 12. The minimum atomic E-state index is -0.314. The maximum absolute atomic E-state index is 12.1. The van der Waals surface area contributed by atoms with Gasteiger partial charge in [0, 0.05) is 28.9 Å². The molecule has 0 saturated heterocycles. The SMILES string of the molecule is CCOc1cc(CNCCSc2nnnn2-c2ccccc2)c(Br)cc1OCC(=O)NC(C)(C)C. The summed E-state index contributed by atoms with van der Waals surface area (Å²) >= 11 is 5.20. The Labute approximate surface area is 218 Å². The molecule has 188 valence electrons. The summed E-state index contributed by atoms with van der Waals surface area (Å²) in [6.07, 6.45) is 0. The van der Waals surface area contributed by atoms with Crippen LogP contribution in [0.3, 0.4) is 0 Å². The van der Waals surface area contributed by atoms with E-state index in [0.29, 0.717) is 24.7 Å². The van der Waals surface area contributed by atoms with E-state index in [-0.39, 0.29) is 18.1 Å². The number of aromatic nitrogens is 4. The van der Waals surface area contributed by atoms with Gasteiger partial charge < -0.3 is 20.1 Å². The molecular formula is C24H31BrN6O3S. The molecule has 0 saturated carbocycles. The highest BCUT2D eigenvalue weighted by Gasteiger charge is 2.16. The minimum absolute atomic E-state index is 0.0823. The van der Waals surface area contributed by atoms with Crippen LogP contribution in [-0.2, 0) is 11.3 Å². The first kappa shape index (κ1) is 27.0. The first-order valence-corrected chi connectivity index (χ1v) is 13.1. The zero-order valence-electron chi connectivity index (χ0n) is 20.4. The predicted molar refractivity (Wildman–Crippen MR) is 140 cm³/mol. The van der Waals surface area contributed by atoms with Crippen LogP contribution in [0.25, 0.3) is 5.69 Å². The van der Waals surface area contributed by atoms with Gasteiger partial charge in [0.1, 0.15) is 0 Å². The summed E-state index contributed by atoms with van der Waals surface area (Å²) in [5.74, 6) is 1.74. The van der Waals surface area contributed by atoms with Crippen molar-refractivity contribution in [2.75, 3.05) is 25.5 Å². The van der Waals surface area contributed by atoms with Gasteiger partial charge >= 0.3 is 0 Å². The molecule has 1 aromatic heterocycles. The number of amides is 1. The van der Waals surface area contributed by atoms with E-state index in [4.69, 9.17) is 9.47 Å². The van der Waals surface area contributed by atoms with Crippen molar-refractivity contribution >= 4 is 33.6 Å². The van der Waals surface area contributed by atoms with Crippen molar-refractivity contribution in [2.24, 2.45) is 0 Å². The molecule has 0 bridgehead atoms. The van der Waals surface area contributed by atoms with E-state index in [1.807, 2.05) is 70.2 Å². The van der Waals surface area contributed by atoms with Crippen molar-refractivity contribution < 1.29 is 14.3 Å². The molecule has 11 heteroatoms. The van der Waals surface area contributed by atoms with Crippen LogP contribution in [0, 0.1) is 0 Å². The van der Waals surface area contributed by atoms with Gasteiger partial charge in [-0.3, -0.25) is 4.79 Å². The number of ether oxygens (including phenoxy) is 2. The number of carbonyl (C=O) groups is 1. The Kier molecular flexibility index (Phi) is 9.93. The van der Waals surface area contributed by atoms with E-state index in [9.17, 15) is 4.79 Å². The summed E-state index contributed by atoms with van der Waals surface area (Å²) in [6.45, 7) is 9.50. The average molecular weight is 564 g/mol. The zero-order valence-corrected chi connectivity index (χ0v) is 22.8. The molecule has 0 aliphatic rings. The first-order valence-electron chi connectivity index (χ1n) is 11.3. The fraction of sp³-hybridized carbons (Fsp3) is 0.417. The van der Waals surface area contributed by atoms with E-state index < -0.39 is 0 Å². The summed E-state index contributed by atoms with van der Waals surface area (Å²) in [5.41, 5.74) is 1.64. The van der Waals surface area contributed by atoms with Gasteiger partial charge in [0.15, 0.2) is 18.1 Å². The summed E-state index contributed by atoms with van der Waals surface area (Å²) < 4.78 is 14.1. The third kappa shape index (κ3) is 8.52. The van der Waals surface area contributed by atoms with Gasteiger partial charge in [-0.1, -0.05) is 45.9 Å². The smallest absolute Gasteiger partial charge is 0.258 e. The van der Waals surface area contributed by atoms with E-state index >= 15 is 0 Å². The van der Waals surface area contributed by atoms with Gasteiger partial charge in [0.2, 0.25) is 5.16 Å². The number of carbonyl (C=O) groups excluding carboxylic acids is 1. The third-order valence-electron chi connectivity index (χ3n) is 4.55. The van der Waals surface area contributed by atoms with Crippen LogP contribution in [0.1, 0.15) is 33.3 Å². The lowest BCUT2D eigenvalue weighted by atomic mass is 10.1. The maximum atomic E-state index is 12.1. The Morgan fingerprint density at radius 1 is 1.14 bits per heavy atom. The number of nitrogens with zero attached hydrogens (tertiary/aromatic N) is 4. The van der Waals surface area contributed by atoms with Gasteiger partial charge in [-0.2, -0.15) is 4.68 Å². The average Bonchev–Trinajstić information content (AvgIpc) is 3.27. The molecule has 3 rings (SSSR count). The highest BCUT2D eigenvalue weighted by molar-refractivity contribution is 9.10. The van der Waals surface area contributed by atoms with Gasteiger partial charge in [-0.15, -0.1) is 5.10 Å². The van der Waals surface area contributed by atoms with E-state index in [1.165, 1.54) is 0 Å². The van der Waals surface area contributed by atoms with Crippen molar-refractivity contribution in [2.45, 2.75) is 44.9 Å². The molecule has 1 amide bonds. The Bertz CT molecular complexity index is 1100. The molecule has 0 unspecified atom stereocenters. The number of hydrogen-bond donors (Lipinski definition) is 2. The van der Waals surface area contributed by atoms with Gasteiger partial charge in [0.05, 0.1) is 12.3 Å². The monoisotopic (exact) mass is 562 g/mol. The Balaban J connectivity index is 1.53. The number of thioether (sulfide) groups is 1. The third-order valence-corrected chi connectivity index (χ3v) is 6.21. The summed E-state index contributed by atoms with van der Waals surface area (Å²) in [7, 11) is 0. The van der Waals surface area contributed by atoms with Crippen molar-refractivity contribution in [3.05, 3.63) is 52.5 Å². The number of tetrazole rings is 1. The molecule has 0 fully saturated rings. The second kappa shape index (κ2) is 12.9. The molecule has 9 nitrogen and oxygen atoms in total. The Morgan fingerprint density at radius 3 is 2.60 bits per heavy atom. The molecule has 0 aliphatic carbocycles. The van der Waals surface area contributed by atoms with Gasteiger partial charge in [0.25, 0.3) is 5.91 Å². The van der Waals surface area contributed by atoms with Crippen LogP contribution in [0.4, 0.5) is 0 Å². The van der Waals surface area contributed by atoms with Crippen LogP contribution in [0.5, 0.6) is 11.5 Å². The molecule has 3 aromatic rings. The van der Waals surface area contributed by atoms with Crippen molar-refractivity contribution in [3.63, 3.8) is 0 Å². The molecule has 0 spiro atoms. The van der Waals surface area contributed by atoms with E-state index in [2.05, 4.69) is 42.1 Å². The van der Waals surface area contributed by atoms with Crippen LogP contribution in [0.15, 0.2) is 52.1 Å². The number of halogens is 1. The summed E-state index contributed by atoms with van der Waals surface area (Å²) in [6, 6.07) is 13.6. The van der Waals surface area contributed by atoms with E-state index in [0.717, 1.165) is 33.2 Å². The standard InChI is InChI=1S/C24H31BrN6O3S/c1-5-33-20-13-17(19(25)14-21(20)34-16-22(32)27-24(2,3)4)15-26-11-12-35-23-28-29-30-31(23)18-9-7-6-8-10-18/h6-10,13-14,26H,5,11-12,15-16H2,1-4H3,(H,27,32). The Morgan fingerprint density at radius 2 is 1.89 bits per heavy atom. The molecule has 0 aliphatic heterocycles. The highest BCUT2D eigenvalue weighted by atomic mass is 79.9. The normalized spacial score (nSPS) is 11.3. The number of benzene rings is 2. The lowest BCUT2D eigenvalue weighted by Crippen LogP contribution is -2.43. The quantitative estimate of drug-likeness (QED) is 0.252.